The summed E-state index contributed by atoms with van der Waals surface area (Å²) in [6.45, 7) is 7.49. The fourth-order valence-corrected chi connectivity index (χ4v) is 4.34. The van der Waals surface area contributed by atoms with Crippen LogP contribution in [0.5, 0.6) is 23.1 Å². The third-order valence-corrected chi connectivity index (χ3v) is 6.53. The molecule has 0 aliphatic rings. The Morgan fingerprint density at radius 3 is 2.29 bits per heavy atom. The van der Waals surface area contributed by atoms with Gasteiger partial charge in [-0.15, -0.1) is 0 Å². The van der Waals surface area contributed by atoms with Gasteiger partial charge in [0.25, 0.3) is 17.1 Å². The van der Waals surface area contributed by atoms with Crippen LogP contribution in [-0.4, -0.2) is 55.0 Å². The maximum Gasteiger partial charge on any atom is 0.357 e. The van der Waals surface area contributed by atoms with Crippen molar-refractivity contribution in [3.63, 3.8) is 0 Å². The van der Waals surface area contributed by atoms with E-state index in [0.717, 1.165) is 9.87 Å². The Morgan fingerprint density at radius 1 is 0.952 bits per heavy atom. The second-order valence-corrected chi connectivity index (χ2v) is 10.3. The van der Waals surface area contributed by atoms with Crippen LogP contribution in [0.4, 0.5) is 11.6 Å². The molecule has 13 heteroatoms. The van der Waals surface area contributed by atoms with Gasteiger partial charge in [-0.2, -0.15) is 9.29 Å². The summed E-state index contributed by atoms with van der Waals surface area (Å²) in [6, 6.07) is 13.3. The molecule has 1 unspecified atom stereocenters. The van der Waals surface area contributed by atoms with Crippen molar-refractivity contribution in [2.24, 2.45) is 0 Å². The van der Waals surface area contributed by atoms with Crippen LogP contribution in [-0.2, 0) is 16.0 Å². The molecule has 3 aromatic heterocycles. The van der Waals surface area contributed by atoms with Crippen molar-refractivity contribution >= 4 is 28.9 Å². The molecule has 42 heavy (non-hydrogen) atoms. The lowest BCUT2D eigenvalue weighted by molar-refractivity contribution is 0.0371. The molecular formula is C29H31N5O7S. The van der Waals surface area contributed by atoms with E-state index in [4.69, 9.17) is 18.9 Å². The summed E-state index contributed by atoms with van der Waals surface area (Å²) in [5.74, 6) is 0.169. The largest absolute Gasteiger partial charge is 0.493 e. The molecule has 0 aliphatic carbocycles. The van der Waals surface area contributed by atoms with Gasteiger partial charge in [-0.1, -0.05) is 32.0 Å². The summed E-state index contributed by atoms with van der Waals surface area (Å²) >= 11 is -2.66. The molecule has 4 aromatic rings. The molecule has 4 rings (SSSR count). The number of aromatic nitrogens is 4. The van der Waals surface area contributed by atoms with Gasteiger partial charge in [0.1, 0.15) is 11.5 Å². The maximum atomic E-state index is 12.9. The van der Waals surface area contributed by atoms with Crippen molar-refractivity contribution in [3.8, 4) is 34.5 Å². The van der Waals surface area contributed by atoms with Crippen LogP contribution < -0.4 is 18.5 Å². The minimum Gasteiger partial charge on any atom is -0.493 e. The predicted octanol–water partition coefficient (Wildman–Crippen LogP) is 5.71. The number of carbonyl (C=O) groups excluding carboxylic acids is 1. The Balaban J connectivity index is 1.94. The summed E-state index contributed by atoms with van der Waals surface area (Å²) in [4.78, 5) is 30.2. The number of methoxy groups -OCH3 is 2. The van der Waals surface area contributed by atoms with Crippen LogP contribution in [0.15, 0.2) is 60.9 Å². The summed E-state index contributed by atoms with van der Waals surface area (Å²) in [6.07, 6.45) is 2.69. The number of nitrogens with zero attached hydrogens (tertiary/aromatic N) is 5. The first-order chi connectivity index (χ1) is 20.1. The number of para-hydroxylation sites is 2. The van der Waals surface area contributed by atoms with Crippen LogP contribution >= 0.6 is 0 Å². The number of carbonyl (C=O) groups is 1. The first-order valence-electron chi connectivity index (χ1n) is 12.9. The smallest absolute Gasteiger partial charge is 0.357 e. The van der Waals surface area contributed by atoms with E-state index in [-0.39, 0.29) is 52.6 Å². The standard InChI is InChI=1S/C29H31N5O7S/c1-17(2)20-11-12-24(31-16-20)34(42(36)37)27-25(41-23-10-8-7-9-22(23)38-5)28(39-6)33-26(32-27)19-13-14-30-21(15-19)29(35)40-18(3)4/h7-18H,1-6H3,(H,36,37). The van der Waals surface area contributed by atoms with Crippen molar-refractivity contribution in [3.05, 3.63) is 72.2 Å². The van der Waals surface area contributed by atoms with Crippen LogP contribution in [0.25, 0.3) is 11.4 Å². The van der Waals surface area contributed by atoms with Crippen molar-refractivity contribution < 1.29 is 32.5 Å². The van der Waals surface area contributed by atoms with Crippen molar-refractivity contribution in [1.29, 1.82) is 0 Å². The number of hydrogen-bond donors (Lipinski definition) is 1. The Morgan fingerprint density at radius 2 is 1.69 bits per heavy atom. The predicted molar refractivity (Wildman–Crippen MR) is 157 cm³/mol. The zero-order chi connectivity index (χ0) is 30.4. The number of anilines is 2. The summed E-state index contributed by atoms with van der Waals surface area (Å²) in [7, 11) is 2.86. The number of esters is 1. The fourth-order valence-electron chi connectivity index (χ4n) is 3.80. The molecular weight excluding hydrogens is 562 g/mol. The first kappa shape index (κ1) is 30.3. The van der Waals surface area contributed by atoms with Gasteiger partial charge in [0.2, 0.25) is 5.75 Å². The average Bonchev–Trinajstić information content (AvgIpc) is 2.98. The zero-order valence-corrected chi connectivity index (χ0v) is 24.8. The molecule has 1 atom stereocenters. The zero-order valence-electron chi connectivity index (χ0n) is 24.0. The normalized spacial score (nSPS) is 11.7. The number of pyridine rings is 2. The van der Waals surface area contributed by atoms with E-state index in [1.807, 2.05) is 19.9 Å². The van der Waals surface area contributed by atoms with Gasteiger partial charge >= 0.3 is 5.97 Å². The van der Waals surface area contributed by atoms with E-state index in [1.54, 1.807) is 56.4 Å². The van der Waals surface area contributed by atoms with Gasteiger partial charge in [0, 0.05) is 18.0 Å². The lowest BCUT2D eigenvalue weighted by Gasteiger charge is -2.23. The molecule has 12 nitrogen and oxygen atoms in total. The molecule has 0 amide bonds. The minimum atomic E-state index is -2.66. The average molecular weight is 594 g/mol. The van der Waals surface area contributed by atoms with E-state index >= 15 is 0 Å². The van der Waals surface area contributed by atoms with Gasteiger partial charge in [0.05, 0.1) is 20.3 Å². The SMILES string of the molecule is COc1ccccc1Oc1c(OC)nc(-c2ccnc(C(=O)OC(C)C)c2)nc1N(c1ccc(C(C)C)cn1)S(=O)O. The molecule has 3 heterocycles. The monoisotopic (exact) mass is 593 g/mol. The number of ether oxygens (including phenoxy) is 4. The highest BCUT2D eigenvalue weighted by atomic mass is 32.2. The van der Waals surface area contributed by atoms with E-state index < -0.39 is 17.2 Å². The van der Waals surface area contributed by atoms with Gasteiger partial charge in [-0.05, 0) is 55.7 Å². The van der Waals surface area contributed by atoms with Crippen molar-refractivity contribution in [2.45, 2.75) is 39.7 Å². The lowest BCUT2D eigenvalue weighted by atomic mass is 10.1. The Kier molecular flexibility index (Phi) is 9.65. The molecule has 0 aliphatic heterocycles. The molecule has 1 N–H and O–H groups in total. The van der Waals surface area contributed by atoms with E-state index in [0.29, 0.717) is 11.3 Å². The molecule has 1 aromatic carbocycles. The Hall–Kier alpha value is -4.62. The summed E-state index contributed by atoms with van der Waals surface area (Å²) < 4.78 is 46.9. The molecule has 0 saturated heterocycles. The Labute approximate surface area is 246 Å². The van der Waals surface area contributed by atoms with Crippen LogP contribution in [0, 0.1) is 0 Å². The van der Waals surface area contributed by atoms with Crippen molar-refractivity contribution in [1.82, 2.24) is 19.9 Å². The summed E-state index contributed by atoms with van der Waals surface area (Å²) in [5, 5.41) is 0. The molecule has 0 bridgehead atoms. The highest BCUT2D eigenvalue weighted by Gasteiger charge is 2.29. The van der Waals surface area contributed by atoms with Gasteiger partial charge < -0.3 is 18.9 Å². The summed E-state index contributed by atoms with van der Waals surface area (Å²) in [5.41, 5.74) is 1.34. The third-order valence-electron chi connectivity index (χ3n) is 5.86. The van der Waals surface area contributed by atoms with Gasteiger partial charge in [-0.25, -0.2) is 24.0 Å². The molecule has 0 spiro atoms. The second-order valence-electron chi connectivity index (χ2n) is 9.48. The molecule has 0 fully saturated rings. The first-order valence-corrected chi connectivity index (χ1v) is 14.0. The van der Waals surface area contributed by atoms with Crippen molar-refractivity contribution in [2.75, 3.05) is 18.5 Å². The maximum absolute atomic E-state index is 12.9. The topological polar surface area (TPSA) is 146 Å². The van der Waals surface area contributed by atoms with Crippen LogP contribution in [0.2, 0.25) is 0 Å². The number of hydrogen-bond acceptors (Lipinski definition) is 10. The Bertz CT molecular complexity index is 1580. The van der Waals surface area contributed by atoms with Gasteiger partial charge in [0.15, 0.2) is 23.1 Å². The van der Waals surface area contributed by atoms with Crippen LogP contribution in [0.1, 0.15) is 49.7 Å². The molecule has 0 saturated carbocycles. The highest BCUT2D eigenvalue weighted by molar-refractivity contribution is 7.81. The van der Waals surface area contributed by atoms with E-state index in [1.165, 1.54) is 26.5 Å². The highest BCUT2D eigenvalue weighted by Crippen LogP contribution is 2.44. The fraction of sp³-hybridized carbons (Fsp3) is 0.276. The van der Waals surface area contributed by atoms with E-state index in [2.05, 4.69) is 19.9 Å². The quantitative estimate of drug-likeness (QED) is 0.169. The third kappa shape index (κ3) is 6.81. The lowest BCUT2D eigenvalue weighted by Crippen LogP contribution is -2.23. The minimum absolute atomic E-state index is 0.0354. The van der Waals surface area contributed by atoms with Crippen LogP contribution in [0.3, 0.4) is 0 Å². The number of rotatable bonds is 11. The molecule has 220 valence electrons. The van der Waals surface area contributed by atoms with E-state index in [9.17, 15) is 13.6 Å². The van der Waals surface area contributed by atoms with Gasteiger partial charge in [-0.3, -0.25) is 4.55 Å². The second kappa shape index (κ2) is 13.4. The number of benzene rings is 1. The molecule has 0 radical (unpaired) electrons.